The zero-order chi connectivity index (χ0) is 7.84. The predicted molar refractivity (Wildman–Crippen MR) is 40.5 cm³/mol. The molecule has 56 valence electrons. The summed E-state index contributed by atoms with van der Waals surface area (Å²) >= 11 is 0. The summed E-state index contributed by atoms with van der Waals surface area (Å²) in [5, 5.41) is 0. The largest absolute Gasteiger partial charge is 0.331 e. The second-order valence-electron chi connectivity index (χ2n) is 2.39. The van der Waals surface area contributed by atoms with Crippen LogP contribution < -0.4 is 5.69 Å². The van der Waals surface area contributed by atoms with Crippen LogP contribution in [0.4, 0.5) is 0 Å². The number of fused-ring (bicyclic) bond motifs is 1. The van der Waals surface area contributed by atoms with Gasteiger partial charge < -0.3 is 4.98 Å². The van der Waals surface area contributed by atoms with Crippen molar-refractivity contribution >= 4 is 5.65 Å². The van der Waals surface area contributed by atoms with Crippen LogP contribution in [0.1, 0.15) is 5.69 Å². The van der Waals surface area contributed by atoms with E-state index in [2.05, 4.69) is 9.97 Å². The van der Waals surface area contributed by atoms with Crippen molar-refractivity contribution in [3.8, 4) is 0 Å². The lowest BCUT2D eigenvalue weighted by atomic mass is 10.6. The van der Waals surface area contributed by atoms with Crippen molar-refractivity contribution in [1.82, 2.24) is 14.4 Å². The van der Waals surface area contributed by atoms with Gasteiger partial charge in [-0.1, -0.05) is 0 Å². The number of imidazole rings is 1. The first-order valence-corrected chi connectivity index (χ1v) is 3.31. The van der Waals surface area contributed by atoms with E-state index in [1.165, 1.54) is 4.40 Å². The fraction of sp³-hybridized carbons (Fsp3) is 0.143. The van der Waals surface area contributed by atoms with E-state index in [1.807, 2.05) is 6.92 Å². The SMILES string of the molecule is Cc1cn2c(=O)[nH]ccc2n1. The van der Waals surface area contributed by atoms with Crippen molar-refractivity contribution in [1.29, 1.82) is 0 Å². The standard InChI is InChI=1S/C7H7N3O/c1-5-4-10-6(9-5)2-3-8-7(10)11/h2-4H,1H3,(H,8,11). The Balaban J connectivity index is 3.02. The molecular formula is C7H7N3O. The minimum atomic E-state index is -0.150. The highest BCUT2D eigenvalue weighted by atomic mass is 16.1. The maximum absolute atomic E-state index is 11.1. The van der Waals surface area contributed by atoms with Gasteiger partial charge in [-0.25, -0.2) is 9.78 Å². The van der Waals surface area contributed by atoms with Crippen molar-refractivity contribution in [3.63, 3.8) is 0 Å². The number of hydrogen-bond donors (Lipinski definition) is 1. The topological polar surface area (TPSA) is 50.2 Å². The Kier molecular flexibility index (Phi) is 1.09. The Bertz CT molecular complexity index is 440. The zero-order valence-electron chi connectivity index (χ0n) is 6.03. The van der Waals surface area contributed by atoms with E-state index < -0.39 is 0 Å². The molecule has 0 aliphatic heterocycles. The second kappa shape index (κ2) is 1.95. The number of aromatic nitrogens is 3. The van der Waals surface area contributed by atoms with E-state index in [-0.39, 0.29) is 5.69 Å². The molecule has 4 heteroatoms. The third kappa shape index (κ3) is 0.832. The van der Waals surface area contributed by atoms with Crippen molar-refractivity contribution in [3.05, 3.63) is 34.6 Å². The van der Waals surface area contributed by atoms with Crippen molar-refractivity contribution in [2.24, 2.45) is 0 Å². The van der Waals surface area contributed by atoms with Gasteiger partial charge in [-0.15, -0.1) is 0 Å². The van der Waals surface area contributed by atoms with E-state index in [0.29, 0.717) is 5.65 Å². The Morgan fingerprint density at radius 2 is 2.45 bits per heavy atom. The molecule has 4 nitrogen and oxygen atoms in total. The summed E-state index contributed by atoms with van der Waals surface area (Å²) in [6.45, 7) is 1.85. The molecule has 11 heavy (non-hydrogen) atoms. The molecule has 2 heterocycles. The molecule has 2 aromatic heterocycles. The lowest BCUT2D eigenvalue weighted by Gasteiger charge is -1.86. The van der Waals surface area contributed by atoms with Crippen LogP contribution in [-0.2, 0) is 0 Å². The molecule has 0 aliphatic rings. The maximum Gasteiger partial charge on any atom is 0.331 e. The molecule has 1 N–H and O–H groups in total. The van der Waals surface area contributed by atoms with Crippen LogP contribution in [0.25, 0.3) is 5.65 Å². The van der Waals surface area contributed by atoms with Gasteiger partial charge in [-0.05, 0) is 13.0 Å². The van der Waals surface area contributed by atoms with Crippen molar-refractivity contribution in [2.75, 3.05) is 0 Å². The summed E-state index contributed by atoms with van der Waals surface area (Å²) in [7, 11) is 0. The van der Waals surface area contributed by atoms with Crippen LogP contribution >= 0.6 is 0 Å². The Morgan fingerprint density at radius 3 is 3.18 bits per heavy atom. The number of aryl methyl sites for hydroxylation is 1. The van der Waals surface area contributed by atoms with Crippen LogP contribution in [0.15, 0.2) is 23.3 Å². The molecule has 0 spiro atoms. The summed E-state index contributed by atoms with van der Waals surface area (Å²) in [5.41, 5.74) is 1.39. The third-order valence-electron chi connectivity index (χ3n) is 1.51. The summed E-state index contributed by atoms with van der Waals surface area (Å²) < 4.78 is 1.48. The number of nitrogens with zero attached hydrogens (tertiary/aromatic N) is 2. The quantitative estimate of drug-likeness (QED) is 0.586. The van der Waals surface area contributed by atoms with Crippen LogP contribution in [0.2, 0.25) is 0 Å². The summed E-state index contributed by atoms with van der Waals surface area (Å²) in [5.74, 6) is 0. The first-order valence-electron chi connectivity index (χ1n) is 3.31. The summed E-state index contributed by atoms with van der Waals surface area (Å²) in [4.78, 5) is 17.7. The van der Waals surface area contributed by atoms with E-state index in [9.17, 15) is 4.79 Å². The lowest BCUT2D eigenvalue weighted by Crippen LogP contribution is -2.13. The van der Waals surface area contributed by atoms with Gasteiger partial charge in [-0.2, -0.15) is 0 Å². The van der Waals surface area contributed by atoms with Crippen molar-refractivity contribution < 1.29 is 0 Å². The summed E-state index contributed by atoms with van der Waals surface area (Å²) in [6, 6.07) is 1.76. The van der Waals surface area contributed by atoms with E-state index in [1.54, 1.807) is 18.5 Å². The van der Waals surface area contributed by atoms with E-state index >= 15 is 0 Å². The molecule has 0 aliphatic carbocycles. The minimum Gasteiger partial charge on any atom is -0.314 e. The van der Waals surface area contributed by atoms with Crippen LogP contribution in [0.3, 0.4) is 0 Å². The van der Waals surface area contributed by atoms with Gasteiger partial charge in [-0.3, -0.25) is 4.40 Å². The first kappa shape index (κ1) is 6.15. The third-order valence-corrected chi connectivity index (χ3v) is 1.51. The number of H-pyrrole nitrogens is 1. The maximum atomic E-state index is 11.1. The predicted octanol–water partition coefficient (Wildman–Crippen LogP) is 0.331. The monoisotopic (exact) mass is 149 g/mol. The molecule has 0 atom stereocenters. The van der Waals surface area contributed by atoms with Gasteiger partial charge in [0.15, 0.2) is 0 Å². The minimum absolute atomic E-state index is 0.150. The average Bonchev–Trinajstić information content (AvgIpc) is 2.31. The number of aromatic amines is 1. The molecule has 0 unspecified atom stereocenters. The molecule has 0 fully saturated rings. The van der Waals surface area contributed by atoms with Gasteiger partial charge in [0.05, 0.1) is 5.69 Å². The highest BCUT2D eigenvalue weighted by molar-refractivity contribution is 5.37. The molecule has 0 bridgehead atoms. The zero-order valence-corrected chi connectivity index (χ0v) is 6.03. The van der Waals surface area contributed by atoms with Crippen LogP contribution in [0, 0.1) is 6.92 Å². The Labute approximate surface area is 62.5 Å². The molecule has 0 saturated heterocycles. The van der Waals surface area contributed by atoms with Gasteiger partial charge in [0, 0.05) is 12.4 Å². The highest BCUT2D eigenvalue weighted by Gasteiger charge is 1.97. The Morgan fingerprint density at radius 1 is 1.64 bits per heavy atom. The Hall–Kier alpha value is -1.58. The van der Waals surface area contributed by atoms with Gasteiger partial charge >= 0.3 is 5.69 Å². The van der Waals surface area contributed by atoms with Crippen LogP contribution in [0.5, 0.6) is 0 Å². The second-order valence-corrected chi connectivity index (χ2v) is 2.39. The molecular weight excluding hydrogens is 142 g/mol. The highest BCUT2D eigenvalue weighted by Crippen LogP contribution is 1.97. The smallest absolute Gasteiger partial charge is 0.314 e. The molecule has 0 aromatic carbocycles. The summed E-state index contributed by atoms with van der Waals surface area (Å²) in [6.07, 6.45) is 3.29. The lowest BCUT2D eigenvalue weighted by molar-refractivity contribution is 1.00. The fourth-order valence-corrected chi connectivity index (χ4v) is 1.05. The molecule has 0 saturated carbocycles. The van der Waals surface area contributed by atoms with Crippen LogP contribution in [-0.4, -0.2) is 14.4 Å². The molecule has 0 amide bonds. The average molecular weight is 149 g/mol. The number of nitrogens with one attached hydrogen (secondary N) is 1. The van der Waals surface area contributed by atoms with E-state index in [4.69, 9.17) is 0 Å². The normalized spacial score (nSPS) is 10.6. The fourth-order valence-electron chi connectivity index (χ4n) is 1.05. The molecule has 2 aromatic rings. The first-order chi connectivity index (χ1) is 5.27. The van der Waals surface area contributed by atoms with Gasteiger partial charge in [0.1, 0.15) is 5.65 Å². The van der Waals surface area contributed by atoms with E-state index in [0.717, 1.165) is 5.69 Å². The number of hydrogen-bond acceptors (Lipinski definition) is 2. The van der Waals surface area contributed by atoms with Gasteiger partial charge in [0.25, 0.3) is 0 Å². The number of rotatable bonds is 0. The molecule has 2 rings (SSSR count). The molecule has 0 radical (unpaired) electrons. The van der Waals surface area contributed by atoms with Crippen molar-refractivity contribution in [2.45, 2.75) is 6.92 Å². The van der Waals surface area contributed by atoms with Gasteiger partial charge in [0.2, 0.25) is 0 Å².